The van der Waals surface area contributed by atoms with Gasteiger partial charge in [0.2, 0.25) is 0 Å². The number of likely N-dealkylation sites (tertiary alicyclic amines) is 1. The van der Waals surface area contributed by atoms with Crippen LogP contribution in [-0.2, 0) is 14.2 Å². The molecule has 0 radical (unpaired) electrons. The van der Waals surface area contributed by atoms with Crippen LogP contribution in [0.5, 0.6) is 0 Å². The summed E-state index contributed by atoms with van der Waals surface area (Å²) >= 11 is 2.20. The van der Waals surface area contributed by atoms with Crippen molar-refractivity contribution in [2.75, 3.05) is 45.7 Å². The minimum atomic E-state index is 0.0538. The smallest absolute Gasteiger partial charge is 0.0800 e. The molecule has 6 heterocycles. The maximum absolute atomic E-state index is 6.19. The third-order valence-corrected chi connectivity index (χ3v) is 24.1. The second kappa shape index (κ2) is 25.8. The van der Waals surface area contributed by atoms with Crippen molar-refractivity contribution in [3.63, 3.8) is 0 Å². The van der Waals surface area contributed by atoms with Gasteiger partial charge in [-0.15, -0.1) is 0 Å². The molecule has 5 nitrogen and oxygen atoms in total. The van der Waals surface area contributed by atoms with Crippen molar-refractivity contribution < 1.29 is 14.2 Å². The SMILES string of the molecule is CC(C)(C)C1(C(C)(C)C)CCCCO1.CC(C)(C)C1(C(C)(C)C)CCCN1.CC(C)(C)C1(C(C)(C)C)CCCO1.CC(C)(C)C1(C(C)(C)C)CCCS1.CC(C)(C)C1(C(C)(C)C)CCO1.CN1CCCC1(C(C)(C)C)C(C)(C)C. The lowest BCUT2D eigenvalue weighted by molar-refractivity contribution is -0.258. The van der Waals surface area contributed by atoms with E-state index in [1.807, 2.05) is 0 Å². The Morgan fingerprint density at radius 3 is 0.785 bits per heavy atom. The third kappa shape index (κ3) is 16.4. The molecule has 6 aliphatic heterocycles. The first-order chi connectivity index (χ1) is 34.7. The van der Waals surface area contributed by atoms with E-state index in [0.717, 1.165) is 19.8 Å². The molecule has 6 fully saturated rings. The van der Waals surface area contributed by atoms with Crippen molar-refractivity contribution in [1.29, 1.82) is 0 Å². The van der Waals surface area contributed by atoms with Gasteiger partial charge >= 0.3 is 0 Å². The van der Waals surface area contributed by atoms with Crippen LogP contribution in [0.1, 0.15) is 326 Å². The van der Waals surface area contributed by atoms with Gasteiger partial charge in [0, 0.05) is 35.5 Å². The molecule has 474 valence electrons. The molecule has 1 N–H and O–H groups in total. The van der Waals surface area contributed by atoms with Crippen LogP contribution in [0, 0.1) is 65.0 Å². The van der Waals surface area contributed by atoms with Crippen molar-refractivity contribution in [3.05, 3.63) is 0 Å². The standard InChI is InChI=1S/C13H27N.C13H26O.C12H25N.C12H24O.C12H24S.C11H22O/c1-11(2,3)13(12(4,5)6)9-8-10-14(13)7;1-11(2,3)13(12(4,5)6)9-7-8-10-14-13;3*1-10(2,3)12(11(4,5)6)8-7-9-13-12;1-9(2,3)11(7-8-12-11)10(4,5)6/h8-10H2,1-7H3;7-10H2,1-6H3;13H,7-9H2,1-6H3;2*7-9H2,1-6H3;7-8H2,1-6H3. The highest BCUT2D eigenvalue weighted by Crippen LogP contribution is 2.60. The Hall–Kier alpha value is 0.150. The van der Waals surface area contributed by atoms with Gasteiger partial charge in [0.15, 0.2) is 0 Å². The monoisotopic (exact) mass is 1130 g/mol. The Morgan fingerprint density at radius 2 is 0.658 bits per heavy atom. The summed E-state index contributed by atoms with van der Waals surface area (Å²) in [6, 6.07) is 0. The average Bonchev–Trinajstić information content (AvgIpc) is 4.02. The van der Waals surface area contributed by atoms with Gasteiger partial charge < -0.3 is 19.5 Å². The van der Waals surface area contributed by atoms with Crippen LogP contribution in [0.15, 0.2) is 0 Å². The Morgan fingerprint density at radius 1 is 0.316 bits per heavy atom. The van der Waals surface area contributed by atoms with E-state index < -0.39 is 0 Å². The molecule has 6 heteroatoms. The second-order valence-electron chi connectivity index (χ2n) is 38.4. The molecule has 0 aliphatic carbocycles. The Bertz CT molecular complexity index is 1580. The van der Waals surface area contributed by atoms with Crippen LogP contribution in [0.25, 0.3) is 0 Å². The molecule has 0 aromatic rings. The normalized spacial score (nSPS) is 23.7. The first kappa shape index (κ1) is 77.2. The number of ether oxygens (including phenoxy) is 3. The third-order valence-electron chi connectivity index (χ3n) is 21.7. The lowest BCUT2D eigenvalue weighted by atomic mass is 9.59. The maximum atomic E-state index is 6.19. The number of thioether (sulfide) groups is 1. The molecule has 0 spiro atoms. The van der Waals surface area contributed by atoms with Crippen molar-refractivity contribution in [2.45, 2.75) is 359 Å². The first-order valence-electron chi connectivity index (χ1n) is 32.7. The highest BCUT2D eigenvalue weighted by Gasteiger charge is 2.58. The van der Waals surface area contributed by atoms with E-state index in [4.69, 9.17) is 14.2 Å². The average molecular weight is 1130 g/mol. The Balaban J connectivity index is 0.000000474. The quantitative estimate of drug-likeness (QED) is 0.261. The summed E-state index contributed by atoms with van der Waals surface area (Å²) in [5, 5.41) is 3.75. The molecule has 0 saturated carbocycles. The van der Waals surface area contributed by atoms with E-state index in [1.54, 1.807) is 0 Å². The van der Waals surface area contributed by atoms with E-state index in [2.05, 4.69) is 278 Å². The summed E-state index contributed by atoms with van der Waals surface area (Å²) in [5.74, 6) is 1.36. The van der Waals surface area contributed by atoms with E-state index in [0.29, 0.717) is 48.3 Å². The minimum Gasteiger partial charge on any atom is -0.374 e. The van der Waals surface area contributed by atoms with E-state index in [1.165, 1.54) is 95.9 Å². The molecule has 79 heavy (non-hydrogen) atoms. The van der Waals surface area contributed by atoms with Gasteiger partial charge in [-0.1, -0.05) is 249 Å². The van der Waals surface area contributed by atoms with E-state index in [9.17, 15) is 0 Å². The number of rotatable bonds is 0. The topological polar surface area (TPSA) is 43.0 Å². The largest absolute Gasteiger partial charge is 0.374 e. The zero-order valence-corrected chi connectivity index (χ0v) is 62.1. The predicted octanol–water partition coefficient (Wildman–Crippen LogP) is 22.0. The van der Waals surface area contributed by atoms with E-state index >= 15 is 0 Å². The molecule has 0 atom stereocenters. The minimum absolute atomic E-state index is 0.0538. The van der Waals surface area contributed by atoms with Crippen LogP contribution >= 0.6 is 11.8 Å². The second-order valence-corrected chi connectivity index (χ2v) is 39.8. The summed E-state index contributed by atoms with van der Waals surface area (Å²) in [4.78, 5) is 2.59. The first-order valence-corrected chi connectivity index (χ1v) is 33.7. The molecule has 6 rings (SSSR count). The summed E-state index contributed by atoms with van der Waals surface area (Å²) in [5.41, 5.74) is 4.60. The van der Waals surface area contributed by atoms with Gasteiger partial charge in [0.1, 0.15) is 0 Å². The predicted molar refractivity (Wildman–Crippen MR) is 356 cm³/mol. The highest BCUT2D eigenvalue weighted by molar-refractivity contribution is 8.01. The molecular weight excluding hydrogens is 985 g/mol. The van der Waals surface area contributed by atoms with Crippen molar-refractivity contribution >= 4 is 11.8 Å². The molecule has 0 amide bonds. The molecule has 0 bridgehead atoms. The highest BCUT2D eigenvalue weighted by atomic mass is 32.2. The Kier molecular flexibility index (Phi) is 25.2. The van der Waals surface area contributed by atoms with Crippen molar-refractivity contribution in [1.82, 2.24) is 10.2 Å². The van der Waals surface area contributed by atoms with Crippen molar-refractivity contribution in [2.24, 2.45) is 65.0 Å². The zero-order valence-electron chi connectivity index (χ0n) is 61.3. The summed E-state index contributed by atoms with van der Waals surface area (Å²) in [6.45, 7) is 89.4. The van der Waals surface area contributed by atoms with Gasteiger partial charge in [0.05, 0.1) is 23.4 Å². The van der Waals surface area contributed by atoms with E-state index in [-0.39, 0.29) is 49.3 Å². The summed E-state index contributed by atoms with van der Waals surface area (Å²) in [6.07, 6.45) is 15.5. The van der Waals surface area contributed by atoms with Gasteiger partial charge in [0.25, 0.3) is 0 Å². The fourth-order valence-corrected chi connectivity index (χ4v) is 20.5. The molecule has 0 unspecified atom stereocenters. The van der Waals surface area contributed by atoms with Crippen LogP contribution in [0.3, 0.4) is 0 Å². The Labute approximate surface area is 503 Å². The number of hydrogen-bond donors (Lipinski definition) is 1. The van der Waals surface area contributed by atoms with Crippen LogP contribution in [0.2, 0.25) is 0 Å². The maximum Gasteiger partial charge on any atom is 0.0800 e. The fourth-order valence-electron chi connectivity index (χ4n) is 18.7. The molecule has 0 aromatic carbocycles. The molecular formula is C73H148N2O3S. The van der Waals surface area contributed by atoms with Gasteiger partial charge in [-0.25, -0.2) is 0 Å². The lowest BCUT2D eigenvalue weighted by Gasteiger charge is -2.58. The number of hydrogen-bond acceptors (Lipinski definition) is 6. The number of nitrogens with zero attached hydrogens (tertiary/aromatic N) is 1. The summed E-state index contributed by atoms with van der Waals surface area (Å²) < 4.78 is 18.6. The van der Waals surface area contributed by atoms with Gasteiger partial charge in [-0.3, -0.25) is 4.90 Å². The van der Waals surface area contributed by atoms with Crippen LogP contribution in [0.4, 0.5) is 0 Å². The van der Waals surface area contributed by atoms with Crippen LogP contribution in [-0.4, -0.2) is 83.2 Å². The van der Waals surface area contributed by atoms with Gasteiger partial charge in [-0.05, 0) is 161 Å². The van der Waals surface area contributed by atoms with Gasteiger partial charge in [-0.2, -0.15) is 11.8 Å². The fraction of sp³-hybridized carbons (Fsp3) is 1.00. The van der Waals surface area contributed by atoms with Crippen LogP contribution < -0.4 is 5.32 Å². The lowest BCUT2D eigenvalue weighted by Crippen LogP contribution is -2.61. The molecule has 6 saturated heterocycles. The summed E-state index contributed by atoms with van der Waals surface area (Å²) in [7, 11) is 2.30. The molecule has 0 aromatic heterocycles. The number of nitrogens with one attached hydrogen (secondary N) is 1. The zero-order chi connectivity index (χ0) is 62.8. The van der Waals surface area contributed by atoms with Crippen molar-refractivity contribution in [3.8, 4) is 0 Å². The molecule has 6 aliphatic rings.